The van der Waals surface area contributed by atoms with Gasteiger partial charge in [0.25, 0.3) is 0 Å². The molecule has 2 nitrogen and oxygen atoms in total. The summed E-state index contributed by atoms with van der Waals surface area (Å²) in [7, 11) is 0. The summed E-state index contributed by atoms with van der Waals surface area (Å²) in [4.78, 5) is 4.45. The van der Waals surface area contributed by atoms with E-state index in [9.17, 15) is 0 Å². The third-order valence-corrected chi connectivity index (χ3v) is 3.86. The minimum absolute atomic E-state index is 0. The number of aliphatic imine (C=N–C) groups is 1. The van der Waals surface area contributed by atoms with Crippen molar-refractivity contribution in [3.05, 3.63) is 33.8 Å². The molecule has 1 heterocycles. The average molecular weight is 285 g/mol. The molecule has 0 atom stereocenters. The first kappa shape index (κ1) is 13.7. The molecular formula is C14H18Cl2N2. The van der Waals surface area contributed by atoms with E-state index in [2.05, 4.69) is 29.4 Å². The van der Waals surface area contributed by atoms with Gasteiger partial charge in [0.1, 0.15) is 5.84 Å². The van der Waals surface area contributed by atoms with Crippen molar-refractivity contribution >= 4 is 29.8 Å². The highest BCUT2D eigenvalue weighted by Gasteiger charge is 2.26. The summed E-state index contributed by atoms with van der Waals surface area (Å²) in [5, 5.41) is 4.19. The van der Waals surface area contributed by atoms with Crippen molar-refractivity contribution in [2.24, 2.45) is 4.99 Å². The molecule has 0 radical (unpaired) electrons. The van der Waals surface area contributed by atoms with E-state index in [0.717, 1.165) is 36.3 Å². The summed E-state index contributed by atoms with van der Waals surface area (Å²) >= 11 is 6.22. The van der Waals surface area contributed by atoms with Crippen LogP contribution in [0.4, 0.5) is 0 Å². The van der Waals surface area contributed by atoms with Gasteiger partial charge in [0.05, 0.1) is 6.54 Å². The van der Waals surface area contributed by atoms with Crippen molar-refractivity contribution < 1.29 is 0 Å². The number of hydrogen-bond donors (Lipinski definition) is 1. The molecule has 1 N–H and O–H groups in total. The molecule has 2 aliphatic rings. The molecule has 1 aromatic carbocycles. The summed E-state index contributed by atoms with van der Waals surface area (Å²) in [5.74, 6) is 1.86. The number of benzene rings is 1. The van der Waals surface area contributed by atoms with E-state index in [1.807, 2.05) is 0 Å². The minimum atomic E-state index is 0. The van der Waals surface area contributed by atoms with E-state index in [1.165, 1.54) is 29.5 Å². The number of nitrogens with one attached hydrogen (secondary N) is 1. The maximum atomic E-state index is 6.22. The lowest BCUT2D eigenvalue weighted by Gasteiger charge is -2.12. The Bertz CT molecular complexity index is 479. The van der Waals surface area contributed by atoms with Crippen LogP contribution >= 0.6 is 24.0 Å². The van der Waals surface area contributed by atoms with Crippen LogP contribution in [-0.2, 0) is 6.42 Å². The van der Waals surface area contributed by atoms with Gasteiger partial charge in [-0.15, -0.1) is 12.4 Å². The fourth-order valence-corrected chi connectivity index (χ4v) is 2.76. The number of nitrogens with zero attached hydrogens (tertiary/aromatic N) is 1. The second-order valence-electron chi connectivity index (χ2n) is 4.99. The number of hydrogen-bond acceptors (Lipinski definition) is 2. The Labute approximate surface area is 119 Å². The second kappa shape index (κ2) is 5.50. The lowest BCUT2D eigenvalue weighted by atomic mass is 9.97. The largest absolute Gasteiger partial charge is 0.372 e. The van der Waals surface area contributed by atoms with Crippen LogP contribution in [0.15, 0.2) is 17.1 Å². The Hall–Kier alpha value is -0.730. The predicted octanol–water partition coefficient (Wildman–Crippen LogP) is 3.49. The molecule has 1 saturated carbocycles. The third kappa shape index (κ3) is 2.81. The summed E-state index contributed by atoms with van der Waals surface area (Å²) in [6.45, 7) is 4.10. The van der Waals surface area contributed by atoms with Crippen LogP contribution in [0.2, 0.25) is 5.02 Å². The van der Waals surface area contributed by atoms with Crippen molar-refractivity contribution in [3.8, 4) is 0 Å². The van der Waals surface area contributed by atoms with E-state index >= 15 is 0 Å². The van der Waals surface area contributed by atoms with E-state index in [1.54, 1.807) is 0 Å². The molecule has 1 aliphatic carbocycles. The first-order valence-corrected chi connectivity index (χ1v) is 6.68. The van der Waals surface area contributed by atoms with E-state index < -0.39 is 0 Å². The van der Waals surface area contributed by atoms with Gasteiger partial charge in [-0.25, -0.2) is 0 Å². The summed E-state index contributed by atoms with van der Waals surface area (Å²) in [6.07, 6.45) is 3.53. The number of rotatable bonds is 3. The molecule has 0 aromatic heterocycles. The molecule has 0 amide bonds. The zero-order valence-corrected chi connectivity index (χ0v) is 12.1. The molecule has 1 fully saturated rings. The van der Waals surface area contributed by atoms with Crippen LogP contribution in [0.5, 0.6) is 0 Å². The van der Waals surface area contributed by atoms with Gasteiger partial charge in [-0.2, -0.15) is 0 Å². The molecule has 1 aromatic rings. The molecular weight excluding hydrogens is 267 g/mol. The van der Waals surface area contributed by atoms with Gasteiger partial charge in [-0.1, -0.05) is 11.6 Å². The Morgan fingerprint density at radius 1 is 1.39 bits per heavy atom. The van der Waals surface area contributed by atoms with Gasteiger partial charge in [-0.3, -0.25) is 4.99 Å². The lowest BCUT2D eigenvalue weighted by Crippen LogP contribution is -2.21. The maximum absolute atomic E-state index is 6.22. The lowest BCUT2D eigenvalue weighted by molar-refractivity contribution is 0.952. The van der Waals surface area contributed by atoms with Crippen LogP contribution in [0.1, 0.15) is 35.4 Å². The van der Waals surface area contributed by atoms with E-state index in [-0.39, 0.29) is 12.4 Å². The fourth-order valence-electron chi connectivity index (χ4n) is 2.51. The van der Waals surface area contributed by atoms with Crippen molar-refractivity contribution in [1.29, 1.82) is 0 Å². The van der Waals surface area contributed by atoms with Crippen LogP contribution in [0.3, 0.4) is 0 Å². The summed E-state index contributed by atoms with van der Waals surface area (Å²) in [5.41, 5.74) is 4.19. The van der Waals surface area contributed by atoms with Crippen LogP contribution in [0, 0.1) is 6.92 Å². The smallest absolute Gasteiger partial charge is 0.101 e. The quantitative estimate of drug-likeness (QED) is 0.903. The Kier molecular flexibility index (Phi) is 4.18. The van der Waals surface area contributed by atoms with E-state index in [0.29, 0.717) is 0 Å². The van der Waals surface area contributed by atoms with Crippen LogP contribution in [-0.4, -0.2) is 18.9 Å². The highest BCUT2D eigenvalue weighted by atomic mass is 35.5. The molecule has 0 bridgehead atoms. The van der Waals surface area contributed by atoms with Gasteiger partial charge >= 0.3 is 0 Å². The van der Waals surface area contributed by atoms with Crippen molar-refractivity contribution in [2.45, 2.75) is 32.1 Å². The van der Waals surface area contributed by atoms with Crippen molar-refractivity contribution in [2.75, 3.05) is 13.1 Å². The molecule has 0 unspecified atom stereocenters. The topological polar surface area (TPSA) is 24.4 Å². The highest BCUT2D eigenvalue weighted by Crippen LogP contribution is 2.43. The fraction of sp³-hybridized carbons (Fsp3) is 0.500. The minimum Gasteiger partial charge on any atom is -0.372 e. The number of halogens is 2. The molecule has 18 heavy (non-hydrogen) atoms. The molecule has 0 spiro atoms. The molecule has 1 aliphatic heterocycles. The van der Waals surface area contributed by atoms with Crippen LogP contribution in [0.25, 0.3) is 0 Å². The summed E-state index contributed by atoms with van der Waals surface area (Å²) < 4.78 is 0. The Morgan fingerprint density at radius 3 is 2.78 bits per heavy atom. The zero-order valence-electron chi connectivity index (χ0n) is 10.5. The third-order valence-electron chi connectivity index (χ3n) is 3.64. The standard InChI is InChI=1S/C14H17ClN2.ClH/c1-9-11(7-14-16-4-5-17-14)6-12(15)8-13(9)10-2-3-10;/h6,8,10H,2-5,7H2,1H3,(H,16,17);1H. The zero-order chi connectivity index (χ0) is 11.8. The monoisotopic (exact) mass is 284 g/mol. The normalized spacial score (nSPS) is 18.0. The second-order valence-corrected chi connectivity index (χ2v) is 5.42. The van der Waals surface area contributed by atoms with Crippen molar-refractivity contribution in [3.63, 3.8) is 0 Å². The van der Waals surface area contributed by atoms with Gasteiger partial charge in [0, 0.05) is 18.0 Å². The van der Waals surface area contributed by atoms with Gasteiger partial charge in [0.2, 0.25) is 0 Å². The van der Waals surface area contributed by atoms with Gasteiger partial charge < -0.3 is 5.32 Å². The molecule has 98 valence electrons. The highest BCUT2D eigenvalue weighted by molar-refractivity contribution is 6.30. The average Bonchev–Trinajstić information content (AvgIpc) is 3.02. The Balaban J connectivity index is 0.00000120. The van der Waals surface area contributed by atoms with Crippen LogP contribution < -0.4 is 5.32 Å². The SMILES string of the molecule is Cc1c(CC2=NCCN2)cc(Cl)cc1C1CC1.Cl. The van der Waals surface area contributed by atoms with E-state index in [4.69, 9.17) is 11.6 Å². The predicted molar refractivity (Wildman–Crippen MR) is 79.4 cm³/mol. The Morgan fingerprint density at radius 2 is 2.17 bits per heavy atom. The molecule has 3 rings (SSSR count). The number of amidine groups is 1. The maximum Gasteiger partial charge on any atom is 0.101 e. The first-order valence-electron chi connectivity index (χ1n) is 6.30. The van der Waals surface area contributed by atoms with Crippen molar-refractivity contribution in [1.82, 2.24) is 5.32 Å². The first-order chi connectivity index (χ1) is 8.24. The molecule has 0 saturated heterocycles. The molecule has 4 heteroatoms. The summed E-state index contributed by atoms with van der Waals surface area (Å²) in [6, 6.07) is 4.23. The van der Waals surface area contributed by atoms with Gasteiger partial charge in [-0.05, 0) is 54.5 Å². The van der Waals surface area contributed by atoms with Gasteiger partial charge in [0.15, 0.2) is 0 Å².